The first-order chi connectivity index (χ1) is 13.7. The van der Waals surface area contributed by atoms with Gasteiger partial charge in [-0.15, -0.1) is 0 Å². The highest BCUT2D eigenvalue weighted by atomic mass is 16.6. The highest BCUT2D eigenvalue weighted by molar-refractivity contribution is 5.82. The second-order valence-corrected chi connectivity index (χ2v) is 9.79. The second kappa shape index (κ2) is 6.85. The largest absolute Gasteiger partial charge is 0.469 e. The van der Waals surface area contributed by atoms with E-state index in [4.69, 9.17) is 14.2 Å². The molecule has 6 heteroatoms. The minimum atomic E-state index is -1.08. The number of carbonyl (C=O) groups is 3. The Hall–Kier alpha value is -1.85. The molecule has 0 aromatic rings. The molecule has 160 valence electrons. The van der Waals surface area contributed by atoms with Crippen molar-refractivity contribution in [3.63, 3.8) is 0 Å². The van der Waals surface area contributed by atoms with Crippen molar-refractivity contribution < 1.29 is 28.6 Å². The summed E-state index contributed by atoms with van der Waals surface area (Å²) in [5, 5.41) is 0. The van der Waals surface area contributed by atoms with Gasteiger partial charge in [0.2, 0.25) is 0 Å². The van der Waals surface area contributed by atoms with Gasteiger partial charge in [-0.1, -0.05) is 12.2 Å². The van der Waals surface area contributed by atoms with Crippen LogP contribution in [-0.2, 0) is 28.6 Å². The average Bonchev–Trinajstić information content (AvgIpc) is 3.12. The fourth-order valence-electron chi connectivity index (χ4n) is 7.87. The molecule has 0 aromatic carbocycles. The van der Waals surface area contributed by atoms with Gasteiger partial charge in [-0.2, -0.15) is 0 Å². The third-order valence-electron chi connectivity index (χ3n) is 8.79. The van der Waals surface area contributed by atoms with Gasteiger partial charge >= 0.3 is 17.9 Å². The van der Waals surface area contributed by atoms with E-state index in [-0.39, 0.29) is 23.2 Å². The quantitative estimate of drug-likeness (QED) is 0.408. The second-order valence-electron chi connectivity index (χ2n) is 9.79. The van der Waals surface area contributed by atoms with E-state index >= 15 is 0 Å². The minimum absolute atomic E-state index is 0.206. The van der Waals surface area contributed by atoms with Crippen molar-refractivity contribution in [1.82, 2.24) is 0 Å². The van der Waals surface area contributed by atoms with Gasteiger partial charge in [0.1, 0.15) is 11.5 Å². The summed E-state index contributed by atoms with van der Waals surface area (Å²) < 4.78 is 16.2. The number of methoxy groups -OCH3 is 2. The van der Waals surface area contributed by atoms with Gasteiger partial charge in [-0.3, -0.25) is 14.4 Å². The summed E-state index contributed by atoms with van der Waals surface area (Å²) in [6, 6.07) is 0. The molecule has 8 atom stereocenters. The lowest BCUT2D eigenvalue weighted by Gasteiger charge is -2.47. The van der Waals surface area contributed by atoms with Crippen molar-refractivity contribution in [3.05, 3.63) is 12.2 Å². The van der Waals surface area contributed by atoms with Crippen LogP contribution in [0.4, 0.5) is 0 Å². The lowest BCUT2D eigenvalue weighted by Crippen LogP contribution is -2.56. The molecule has 1 unspecified atom stereocenters. The first-order valence-electron chi connectivity index (χ1n) is 10.7. The Morgan fingerprint density at radius 3 is 2.41 bits per heavy atom. The summed E-state index contributed by atoms with van der Waals surface area (Å²) >= 11 is 0. The van der Waals surface area contributed by atoms with Crippen molar-refractivity contribution in [2.75, 3.05) is 14.2 Å². The molecule has 0 radical (unpaired) electrons. The third kappa shape index (κ3) is 2.63. The molecule has 0 amide bonds. The normalized spacial score (nSPS) is 45.2. The van der Waals surface area contributed by atoms with Crippen molar-refractivity contribution in [2.24, 2.45) is 40.4 Å². The molecule has 4 fully saturated rings. The minimum Gasteiger partial charge on any atom is -0.469 e. The van der Waals surface area contributed by atoms with Crippen LogP contribution >= 0.6 is 0 Å². The van der Waals surface area contributed by atoms with E-state index in [2.05, 4.69) is 6.58 Å². The number of ether oxygens (including phenoxy) is 3. The fraction of sp³-hybridized carbons (Fsp3) is 0.783. The SMILES string of the molecule is C=C1C[C@]23C[C@H]1CCC2[C@H]1CC[C@H](OC(C)=O)[C@@](C)(C(=O)OC)[C@H]1[C@@H]3C(=O)OC. The first-order valence-corrected chi connectivity index (χ1v) is 10.7. The number of carbonyl (C=O) groups excluding carboxylic acids is 3. The number of esters is 3. The van der Waals surface area contributed by atoms with Crippen LogP contribution in [0, 0.1) is 40.4 Å². The molecule has 29 heavy (non-hydrogen) atoms. The third-order valence-corrected chi connectivity index (χ3v) is 8.79. The van der Waals surface area contributed by atoms with Gasteiger partial charge < -0.3 is 14.2 Å². The molecule has 0 aromatic heterocycles. The molecule has 4 aliphatic rings. The molecule has 4 aliphatic carbocycles. The van der Waals surface area contributed by atoms with E-state index in [1.165, 1.54) is 26.7 Å². The summed E-state index contributed by atoms with van der Waals surface area (Å²) in [5.74, 6) is -0.737. The molecule has 6 nitrogen and oxygen atoms in total. The smallest absolute Gasteiger partial charge is 0.315 e. The predicted octanol–water partition coefficient (Wildman–Crippen LogP) is 3.29. The summed E-state index contributed by atoms with van der Waals surface area (Å²) in [6.07, 6.45) is 4.77. The molecule has 4 rings (SSSR count). The number of hydrogen-bond acceptors (Lipinski definition) is 6. The summed E-state index contributed by atoms with van der Waals surface area (Å²) in [5.41, 5.74) is -0.0485. The van der Waals surface area contributed by atoms with Crippen LogP contribution in [0.25, 0.3) is 0 Å². The lowest BCUT2D eigenvalue weighted by atomic mass is 9.58. The molecule has 0 aliphatic heterocycles. The van der Waals surface area contributed by atoms with Crippen LogP contribution in [-0.4, -0.2) is 38.2 Å². The maximum atomic E-state index is 13.2. The monoisotopic (exact) mass is 404 g/mol. The first kappa shape index (κ1) is 20.4. The van der Waals surface area contributed by atoms with E-state index in [0.717, 1.165) is 32.1 Å². The zero-order valence-corrected chi connectivity index (χ0v) is 17.9. The van der Waals surface area contributed by atoms with E-state index in [1.807, 2.05) is 6.92 Å². The molecule has 0 saturated heterocycles. The zero-order valence-electron chi connectivity index (χ0n) is 17.9. The molecule has 4 saturated carbocycles. The van der Waals surface area contributed by atoms with Gasteiger partial charge in [0.05, 0.1) is 20.1 Å². The summed E-state index contributed by atoms with van der Waals surface area (Å²) in [6.45, 7) is 7.51. The van der Waals surface area contributed by atoms with Crippen molar-refractivity contribution in [3.8, 4) is 0 Å². The molecule has 2 bridgehead atoms. The maximum Gasteiger partial charge on any atom is 0.315 e. The van der Waals surface area contributed by atoms with E-state index in [0.29, 0.717) is 18.3 Å². The van der Waals surface area contributed by atoms with Gasteiger partial charge in [0.15, 0.2) is 0 Å². The van der Waals surface area contributed by atoms with Crippen LogP contribution in [0.5, 0.6) is 0 Å². The van der Waals surface area contributed by atoms with Crippen LogP contribution in [0.15, 0.2) is 12.2 Å². The number of fused-ring (bicyclic) bond motifs is 3. The van der Waals surface area contributed by atoms with Gasteiger partial charge in [0, 0.05) is 6.92 Å². The Balaban J connectivity index is 1.86. The molecule has 0 N–H and O–H groups in total. The average molecular weight is 405 g/mol. The Morgan fingerprint density at radius 2 is 1.79 bits per heavy atom. The highest BCUT2D eigenvalue weighted by Crippen LogP contribution is 2.73. The van der Waals surface area contributed by atoms with Crippen molar-refractivity contribution in [1.29, 1.82) is 0 Å². The topological polar surface area (TPSA) is 78.9 Å². The standard InChI is InChI=1S/C23H32O6/c1-12-10-23-11-14(12)6-8-16(23)15-7-9-17(29-13(2)24)22(3,21(26)28-5)18(15)19(23)20(25)27-4/h14-19H,1,6-11H2,2-5H3/t14-,15-,16?,17+,18-,19-,22-,23+/m1/s1. The maximum absolute atomic E-state index is 13.2. The van der Waals surface area contributed by atoms with Gasteiger partial charge in [-0.05, 0) is 74.5 Å². The van der Waals surface area contributed by atoms with E-state index in [1.54, 1.807) is 0 Å². The van der Waals surface area contributed by atoms with Crippen LogP contribution in [0.3, 0.4) is 0 Å². The van der Waals surface area contributed by atoms with Crippen molar-refractivity contribution in [2.45, 2.75) is 58.5 Å². The van der Waals surface area contributed by atoms with Crippen LogP contribution in [0.2, 0.25) is 0 Å². The Kier molecular flexibility index (Phi) is 4.82. The van der Waals surface area contributed by atoms with Gasteiger partial charge in [0.25, 0.3) is 0 Å². The zero-order chi connectivity index (χ0) is 21.1. The van der Waals surface area contributed by atoms with E-state index < -0.39 is 29.4 Å². The Labute approximate surface area is 172 Å². The van der Waals surface area contributed by atoms with E-state index in [9.17, 15) is 14.4 Å². The predicted molar refractivity (Wildman–Crippen MR) is 104 cm³/mol. The number of rotatable bonds is 3. The number of allylic oxidation sites excluding steroid dienone is 1. The number of hydrogen-bond donors (Lipinski definition) is 0. The van der Waals surface area contributed by atoms with Crippen LogP contribution < -0.4 is 0 Å². The molecular formula is C23H32O6. The molecule has 1 spiro atoms. The lowest BCUT2D eigenvalue weighted by molar-refractivity contribution is -0.188. The fourth-order valence-corrected chi connectivity index (χ4v) is 7.87. The molecule has 0 heterocycles. The Morgan fingerprint density at radius 1 is 1.07 bits per heavy atom. The molecular weight excluding hydrogens is 372 g/mol. The highest BCUT2D eigenvalue weighted by Gasteiger charge is 2.73. The van der Waals surface area contributed by atoms with Crippen molar-refractivity contribution >= 4 is 17.9 Å². The van der Waals surface area contributed by atoms with Crippen LogP contribution in [0.1, 0.15) is 52.4 Å². The summed E-state index contributed by atoms with van der Waals surface area (Å²) in [4.78, 5) is 38.2. The Bertz CT molecular complexity index is 758. The summed E-state index contributed by atoms with van der Waals surface area (Å²) in [7, 11) is 2.79. The van der Waals surface area contributed by atoms with Gasteiger partial charge in [-0.25, -0.2) is 0 Å².